The summed E-state index contributed by atoms with van der Waals surface area (Å²) < 4.78 is 2.24. The van der Waals surface area contributed by atoms with E-state index in [1.165, 1.54) is 10.9 Å². The lowest BCUT2D eigenvalue weighted by Gasteiger charge is -2.09. The molecular formula is C13H15NO. The summed E-state index contributed by atoms with van der Waals surface area (Å²) in [4.78, 5) is 10.4. The van der Waals surface area contributed by atoms with Crippen molar-refractivity contribution in [3.05, 3.63) is 36.0 Å². The van der Waals surface area contributed by atoms with Crippen LogP contribution in [0.25, 0.3) is 10.9 Å². The second kappa shape index (κ2) is 3.89. The molecular weight excluding hydrogens is 186 g/mol. The lowest BCUT2D eigenvalue weighted by Crippen LogP contribution is -1.97. The number of hydrogen-bond donors (Lipinski definition) is 0. The fourth-order valence-electron chi connectivity index (χ4n) is 1.89. The van der Waals surface area contributed by atoms with Gasteiger partial charge in [-0.1, -0.05) is 6.07 Å². The van der Waals surface area contributed by atoms with Gasteiger partial charge in [-0.2, -0.15) is 0 Å². The summed E-state index contributed by atoms with van der Waals surface area (Å²) in [7, 11) is 0. The molecule has 0 aliphatic carbocycles. The molecule has 0 saturated carbocycles. The number of rotatable bonds is 3. The minimum Gasteiger partial charge on any atom is -0.345 e. The summed E-state index contributed by atoms with van der Waals surface area (Å²) in [6.45, 7) is 4.33. The first-order valence-electron chi connectivity index (χ1n) is 5.25. The molecule has 0 saturated heterocycles. The standard InChI is InChI=1S/C13H15NO/c1-10(2)14-7-5-12-9-11(6-8-15)3-4-13(12)14/h3-5,7-10H,6H2,1-2H3. The number of aromatic nitrogens is 1. The van der Waals surface area contributed by atoms with E-state index in [0.717, 1.165) is 11.8 Å². The van der Waals surface area contributed by atoms with Crippen LogP contribution in [-0.4, -0.2) is 10.9 Å². The maximum Gasteiger partial charge on any atom is 0.124 e. The molecule has 2 aromatic rings. The first-order chi connectivity index (χ1) is 7.22. The smallest absolute Gasteiger partial charge is 0.124 e. The normalized spacial score (nSPS) is 11.1. The lowest BCUT2D eigenvalue weighted by atomic mass is 10.1. The Hall–Kier alpha value is -1.57. The van der Waals surface area contributed by atoms with Crippen LogP contribution in [-0.2, 0) is 11.2 Å². The van der Waals surface area contributed by atoms with E-state index in [9.17, 15) is 4.79 Å². The van der Waals surface area contributed by atoms with E-state index in [2.05, 4.69) is 42.8 Å². The molecule has 1 heterocycles. The van der Waals surface area contributed by atoms with Crippen molar-refractivity contribution >= 4 is 17.2 Å². The van der Waals surface area contributed by atoms with E-state index < -0.39 is 0 Å². The van der Waals surface area contributed by atoms with E-state index in [0.29, 0.717) is 12.5 Å². The van der Waals surface area contributed by atoms with Crippen LogP contribution in [0.15, 0.2) is 30.5 Å². The number of aldehydes is 1. The molecule has 2 nitrogen and oxygen atoms in total. The summed E-state index contributed by atoms with van der Waals surface area (Å²) >= 11 is 0. The zero-order chi connectivity index (χ0) is 10.8. The Morgan fingerprint density at radius 3 is 2.80 bits per heavy atom. The molecule has 2 heteroatoms. The Labute approximate surface area is 89.5 Å². The molecule has 0 amide bonds. The van der Waals surface area contributed by atoms with Crippen molar-refractivity contribution in [1.82, 2.24) is 4.57 Å². The number of hydrogen-bond acceptors (Lipinski definition) is 1. The van der Waals surface area contributed by atoms with Crippen LogP contribution < -0.4 is 0 Å². The van der Waals surface area contributed by atoms with Gasteiger partial charge in [0.2, 0.25) is 0 Å². The Morgan fingerprint density at radius 2 is 2.13 bits per heavy atom. The molecule has 0 aliphatic heterocycles. The molecule has 0 unspecified atom stereocenters. The Morgan fingerprint density at radius 1 is 1.33 bits per heavy atom. The van der Waals surface area contributed by atoms with Gasteiger partial charge in [0.1, 0.15) is 6.29 Å². The van der Waals surface area contributed by atoms with Crippen LogP contribution in [0.1, 0.15) is 25.5 Å². The van der Waals surface area contributed by atoms with Gasteiger partial charge in [-0.05, 0) is 43.0 Å². The molecule has 0 atom stereocenters. The van der Waals surface area contributed by atoms with Crippen molar-refractivity contribution in [2.75, 3.05) is 0 Å². The molecule has 0 bridgehead atoms. The van der Waals surface area contributed by atoms with Crippen LogP contribution >= 0.6 is 0 Å². The van der Waals surface area contributed by atoms with Crippen LogP contribution in [0.3, 0.4) is 0 Å². The third-order valence-electron chi connectivity index (χ3n) is 2.66. The minimum atomic E-state index is 0.472. The van der Waals surface area contributed by atoms with Gasteiger partial charge >= 0.3 is 0 Å². The summed E-state index contributed by atoms with van der Waals surface area (Å²) in [5.41, 5.74) is 2.32. The van der Waals surface area contributed by atoms with Crippen molar-refractivity contribution in [2.45, 2.75) is 26.3 Å². The fourth-order valence-corrected chi connectivity index (χ4v) is 1.89. The quantitative estimate of drug-likeness (QED) is 0.700. The second-order valence-corrected chi connectivity index (χ2v) is 4.08. The highest BCUT2D eigenvalue weighted by molar-refractivity contribution is 5.81. The third kappa shape index (κ3) is 1.80. The number of benzene rings is 1. The molecule has 1 aromatic heterocycles. The van der Waals surface area contributed by atoms with Crippen molar-refractivity contribution in [3.63, 3.8) is 0 Å². The monoisotopic (exact) mass is 201 g/mol. The van der Waals surface area contributed by atoms with Gasteiger partial charge in [-0.3, -0.25) is 0 Å². The highest BCUT2D eigenvalue weighted by Gasteiger charge is 2.04. The average Bonchev–Trinajstić information content (AvgIpc) is 2.61. The first kappa shape index (κ1) is 9.97. The molecule has 1 aromatic carbocycles. The lowest BCUT2D eigenvalue weighted by molar-refractivity contribution is -0.107. The Balaban J connectivity index is 2.51. The van der Waals surface area contributed by atoms with Gasteiger partial charge in [0.05, 0.1) is 0 Å². The predicted octanol–water partition coefficient (Wildman–Crippen LogP) is 2.96. The van der Waals surface area contributed by atoms with E-state index >= 15 is 0 Å². The average molecular weight is 201 g/mol. The number of nitrogens with zero attached hydrogens (tertiary/aromatic N) is 1. The molecule has 0 radical (unpaired) electrons. The molecule has 0 N–H and O–H groups in total. The van der Waals surface area contributed by atoms with Crippen molar-refractivity contribution in [1.29, 1.82) is 0 Å². The summed E-state index contributed by atoms with van der Waals surface area (Å²) in [5.74, 6) is 0. The first-order valence-corrected chi connectivity index (χ1v) is 5.25. The SMILES string of the molecule is CC(C)n1ccc2cc(CC=O)ccc21. The van der Waals surface area contributed by atoms with Gasteiger partial charge in [0.25, 0.3) is 0 Å². The summed E-state index contributed by atoms with van der Waals surface area (Å²) in [5, 5.41) is 1.21. The highest BCUT2D eigenvalue weighted by atomic mass is 16.1. The van der Waals surface area contributed by atoms with Crippen LogP contribution in [0, 0.1) is 0 Å². The second-order valence-electron chi connectivity index (χ2n) is 4.08. The van der Waals surface area contributed by atoms with Gasteiger partial charge in [-0.25, -0.2) is 0 Å². The van der Waals surface area contributed by atoms with Crippen molar-refractivity contribution < 1.29 is 4.79 Å². The third-order valence-corrected chi connectivity index (χ3v) is 2.66. The van der Waals surface area contributed by atoms with Crippen LogP contribution in [0.2, 0.25) is 0 Å². The number of carbonyl (C=O) groups excluding carboxylic acids is 1. The molecule has 0 fully saturated rings. The maximum absolute atomic E-state index is 10.4. The van der Waals surface area contributed by atoms with E-state index in [1.54, 1.807) is 0 Å². The van der Waals surface area contributed by atoms with Gasteiger partial charge < -0.3 is 9.36 Å². The predicted molar refractivity (Wildman–Crippen MR) is 62.1 cm³/mol. The van der Waals surface area contributed by atoms with E-state index in [1.807, 2.05) is 6.07 Å². The summed E-state index contributed by atoms with van der Waals surface area (Å²) in [6, 6.07) is 8.77. The largest absolute Gasteiger partial charge is 0.345 e. The molecule has 2 rings (SSSR count). The highest BCUT2D eigenvalue weighted by Crippen LogP contribution is 2.21. The van der Waals surface area contributed by atoms with Crippen LogP contribution in [0.5, 0.6) is 0 Å². The van der Waals surface area contributed by atoms with Crippen molar-refractivity contribution in [3.8, 4) is 0 Å². The number of fused-ring (bicyclic) bond motifs is 1. The minimum absolute atomic E-state index is 0.472. The van der Waals surface area contributed by atoms with Gasteiger partial charge in [0.15, 0.2) is 0 Å². The zero-order valence-corrected chi connectivity index (χ0v) is 9.10. The molecule has 78 valence electrons. The Bertz CT molecular complexity index is 482. The maximum atomic E-state index is 10.4. The topological polar surface area (TPSA) is 22.0 Å². The Kier molecular flexibility index (Phi) is 2.58. The summed E-state index contributed by atoms with van der Waals surface area (Å²) in [6.07, 6.45) is 3.55. The number of carbonyl (C=O) groups is 1. The van der Waals surface area contributed by atoms with E-state index in [4.69, 9.17) is 0 Å². The van der Waals surface area contributed by atoms with Crippen LogP contribution in [0.4, 0.5) is 0 Å². The van der Waals surface area contributed by atoms with E-state index in [-0.39, 0.29) is 0 Å². The zero-order valence-electron chi connectivity index (χ0n) is 9.10. The van der Waals surface area contributed by atoms with Gasteiger partial charge in [0, 0.05) is 24.2 Å². The fraction of sp³-hybridized carbons (Fsp3) is 0.308. The van der Waals surface area contributed by atoms with Gasteiger partial charge in [-0.15, -0.1) is 0 Å². The molecule has 15 heavy (non-hydrogen) atoms. The molecule has 0 aliphatic rings. The van der Waals surface area contributed by atoms with Crippen molar-refractivity contribution in [2.24, 2.45) is 0 Å². The molecule has 0 spiro atoms.